The fraction of sp³-hybridized carbons (Fsp3) is 0.167. The number of carbonyl (C=O) groups excluding carboxylic acids is 1. The van der Waals surface area contributed by atoms with Crippen LogP contribution in [0, 0.1) is 0 Å². The van der Waals surface area contributed by atoms with E-state index in [-0.39, 0.29) is 5.91 Å². The molecule has 3 nitrogen and oxygen atoms in total. The van der Waals surface area contributed by atoms with Gasteiger partial charge in [0.05, 0.1) is 7.11 Å². The summed E-state index contributed by atoms with van der Waals surface area (Å²) in [6.45, 7) is 0.604. The first-order valence-electron chi connectivity index (χ1n) is 6.80. The van der Waals surface area contributed by atoms with Crippen molar-refractivity contribution >= 4 is 12.0 Å². The highest BCUT2D eigenvalue weighted by molar-refractivity contribution is 5.91. The number of hydrogen-bond acceptors (Lipinski definition) is 2. The summed E-state index contributed by atoms with van der Waals surface area (Å²) in [4.78, 5) is 13.7. The van der Waals surface area contributed by atoms with Gasteiger partial charge in [0.15, 0.2) is 0 Å². The lowest BCUT2D eigenvalue weighted by molar-refractivity contribution is -0.125. The highest BCUT2D eigenvalue weighted by Gasteiger charge is 2.05. The summed E-state index contributed by atoms with van der Waals surface area (Å²) in [7, 11) is 3.43. The third-order valence-corrected chi connectivity index (χ3v) is 3.17. The zero-order chi connectivity index (χ0) is 15.1. The first kappa shape index (κ1) is 14.9. The molecule has 0 aromatic heterocycles. The van der Waals surface area contributed by atoms with E-state index in [1.165, 1.54) is 0 Å². The van der Waals surface area contributed by atoms with Crippen LogP contribution in [0.3, 0.4) is 0 Å². The van der Waals surface area contributed by atoms with E-state index in [1.54, 1.807) is 25.1 Å². The molecule has 0 atom stereocenters. The van der Waals surface area contributed by atoms with Crippen LogP contribution in [0.1, 0.15) is 11.1 Å². The number of carbonyl (C=O) groups is 1. The summed E-state index contributed by atoms with van der Waals surface area (Å²) >= 11 is 0. The second kappa shape index (κ2) is 7.29. The molecule has 0 radical (unpaired) electrons. The summed E-state index contributed by atoms with van der Waals surface area (Å²) in [6.07, 6.45) is 3.40. The van der Waals surface area contributed by atoms with Gasteiger partial charge in [-0.2, -0.15) is 0 Å². The number of amides is 1. The molecule has 108 valence electrons. The standard InChI is InChI=1S/C18H19NO2/c1-19(14-16-6-4-3-5-7-16)18(20)13-10-15-8-11-17(21-2)12-9-15/h3-13H,14H2,1-2H3/b13-10+. The molecule has 21 heavy (non-hydrogen) atoms. The molecule has 0 saturated carbocycles. The van der Waals surface area contributed by atoms with Gasteiger partial charge in [0.2, 0.25) is 5.91 Å². The number of ether oxygens (including phenoxy) is 1. The van der Waals surface area contributed by atoms with Crippen molar-refractivity contribution in [3.05, 3.63) is 71.8 Å². The molecule has 0 saturated heterocycles. The van der Waals surface area contributed by atoms with Crippen LogP contribution in [0.4, 0.5) is 0 Å². The Balaban J connectivity index is 1.94. The maximum Gasteiger partial charge on any atom is 0.246 e. The Labute approximate surface area is 125 Å². The first-order valence-corrected chi connectivity index (χ1v) is 6.80. The van der Waals surface area contributed by atoms with Crippen LogP contribution in [0.2, 0.25) is 0 Å². The Hall–Kier alpha value is -2.55. The monoisotopic (exact) mass is 281 g/mol. The molecule has 0 fully saturated rings. The van der Waals surface area contributed by atoms with Crippen LogP contribution in [-0.4, -0.2) is 25.0 Å². The van der Waals surface area contributed by atoms with E-state index < -0.39 is 0 Å². The van der Waals surface area contributed by atoms with Gasteiger partial charge in [-0.25, -0.2) is 0 Å². The van der Waals surface area contributed by atoms with E-state index in [9.17, 15) is 4.79 Å². The minimum Gasteiger partial charge on any atom is -0.497 e. The Morgan fingerprint density at radius 2 is 1.76 bits per heavy atom. The van der Waals surface area contributed by atoms with Gasteiger partial charge >= 0.3 is 0 Å². The Morgan fingerprint density at radius 3 is 2.38 bits per heavy atom. The lowest BCUT2D eigenvalue weighted by atomic mass is 10.2. The summed E-state index contributed by atoms with van der Waals surface area (Å²) in [6, 6.07) is 17.5. The van der Waals surface area contributed by atoms with E-state index in [4.69, 9.17) is 4.74 Å². The smallest absolute Gasteiger partial charge is 0.246 e. The number of methoxy groups -OCH3 is 1. The number of nitrogens with zero attached hydrogens (tertiary/aromatic N) is 1. The van der Waals surface area contributed by atoms with Gasteiger partial charge in [-0.05, 0) is 29.3 Å². The second-order valence-corrected chi connectivity index (χ2v) is 4.79. The molecule has 0 N–H and O–H groups in total. The van der Waals surface area contributed by atoms with E-state index in [1.807, 2.05) is 60.7 Å². The largest absolute Gasteiger partial charge is 0.497 e. The lowest BCUT2D eigenvalue weighted by Gasteiger charge is -2.15. The third-order valence-electron chi connectivity index (χ3n) is 3.17. The number of likely N-dealkylation sites (N-methyl/N-ethyl adjacent to an activating group) is 1. The molecule has 0 aliphatic carbocycles. The van der Waals surface area contributed by atoms with Crippen LogP contribution in [0.15, 0.2) is 60.7 Å². The van der Waals surface area contributed by atoms with Crippen LogP contribution >= 0.6 is 0 Å². The third kappa shape index (κ3) is 4.49. The summed E-state index contributed by atoms with van der Waals surface area (Å²) in [5.74, 6) is 0.786. The quantitative estimate of drug-likeness (QED) is 0.786. The average molecular weight is 281 g/mol. The molecule has 3 heteroatoms. The molecule has 0 aliphatic heterocycles. The van der Waals surface area contributed by atoms with Crippen molar-refractivity contribution < 1.29 is 9.53 Å². The fourth-order valence-electron chi connectivity index (χ4n) is 1.94. The van der Waals surface area contributed by atoms with Gasteiger partial charge in [-0.3, -0.25) is 4.79 Å². The van der Waals surface area contributed by atoms with Crippen molar-refractivity contribution in [3.8, 4) is 5.75 Å². The normalized spacial score (nSPS) is 10.6. The predicted molar refractivity (Wildman–Crippen MR) is 84.9 cm³/mol. The summed E-state index contributed by atoms with van der Waals surface area (Å²) in [5, 5.41) is 0. The van der Waals surface area contributed by atoms with Crippen molar-refractivity contribution in [2.24, 2.45) is 0 Å². The highest BCUT2D eigenvalue weighted by Crippen LogP contribution is 2.12. The maximum atomic E-state index is 12.1. The molecule has 2 aromatic rings. The first-order chi connectivity index (χ1) is 10.2. The van der Waals surface area contributed by atoms with Gasteiger partial charge in [0.25, 0.3) is 0 Å². The molecular formula is C18H19NO2. The maximum absolute atomic E-state index is 12.1. The number of benzene rings is 2. The van der Waals surface area contributed by atoms with Gasteiger partial charge in [0.1, 0.15) is 5.75 Å². The Morgan fingerprint density at radius 1 is 1.10 bits per heavy atom. The van der Waals surface area contributed by atoms with Gasteiger partial charge in [0, 0.05) is 19.7 Å². The lowest BCUT2D eigenvalue weighted by Crippen LogP contribution is -2.23. The molecule has 0 aliphatic rings. The van der Waals surface area contributed by atoms with Crippen molar-refractivity contribution in [2.45, 2.75) is 6.54 Å². The molecular weight excluding hydrogens is 262 g/mol. The van der Waals surface area contributed by atoms with E-state index in [0.29, 0.717) is 6.54 Å². The van der Waals surface area contributed by atoms with Crippen LogP contribution in [0.25, 0.3) is 6.08 Å². The van der Waals surface area contributed by atoms with Crippen molar-refractivity contribution in [1.82, 2.24) is 4.90 Å². The van der Waals surface area contributed by atoms with E-state index in [0.717, 1.165) is 16.9 Å². The van der Waals surface area contributed by atoms with Crippen molar-refractivity contribution in [2.75, 3.05) is 14.2 Å². The highest BCUT2D eigenvalue weighted by atomic mass is 16.5. The van der Waals surface area contributed by atoms with Gasteiger partial charge < -0.3 is 9.64 Å². The molecule has 2 aromatic carbocycles. The Bertz CT molecular complexity index is 603. The molecule has 0 spiro atoms. The fourth-order valence-corrected chi connectivity index (χ4v) is 1.94. The molecule has 0 bridgehead atoms. The topological polar surface area (TPSA) is 29.5 Å². The molecule has 0 unspecified atom stereocenters. The molecule has 2 rings (SSSR count). The minimum absolute atomic E-state index is 0.0188. The number of rotatable bonds is 5. The predicted octanol–water partition coefficient (Wildman–Crippen LogP) is 3.37. The van der Waals surface area contributed by atoms with Crippen LogP contribution < -0.4 is 4.74 Å². The summed E-state index contributed by atoms with van der Waals surface area (Å²) in [5.41, 5.74) is 2.09. The van der Waals surface area contributed by atoms with E-state index >= 15 is 0 Å². The minimum atomic E-state index is -0.0188. The van der Waals surface area contributed by atoms with Crippen molar-refractivity contribution in [1.29, 1.82) is 0 Å². The number of hydrogen-bond donors (Lipinski definition) is 0. The zero-order valence-electron chi connectivity index (χ0n) is 12.3. The van der Waals surface area contributed by atoms with E-state index in [2.05, 4.69) is 0 Å². The molecule has 0 heterocycles. The molecule has 1 amide bonds. The average Bonchev–Trinajstić information content (AvgIpc) is 2.54. The summed E-state index contributed by atoms with van der Waals surface area (Å²) < 4.78 is 5.10. The van der Waals surface area contributed by atoms with Gasteiger partial charge in [-0.15, -0.1) is 0 Å². The SMILES string of the molecule is COc1ccc(/C=C/C(=O)N(C)Cc2ccccc2)cc1. The zero-order valence-corrected chi connectivity index (χ0v) is 12.3. The van der Waals surface area contributed by atoms with Crippen molar-refractivity contribution in [3.63, 3.8) is 0 Å². The second-order valence-electron chi connectivity index (χ2n) is 4.79. The van der Waals surface area contributed by atoms with Gasteiger partial charge in [-0.1, -0.05) is 42.5 Å². The van der Waals surface area contributed by atoms with Crippen LogP contribution in [-0.2, 0) is 11.3 Å². The Kier molecular flexibility index (Phi) is 5.16. The van der Waals surface area contributed by atoms with Crippen LogP contribution in [0.5, 0.6) is 5.75 Å².